The van der Waals surface area contributed by atoms with Crippen LogP contribution in [0.5, 0.6) is 0 Å². The van der Waals surface area contributed by atoms with Crippen molar-refractivity contribution in [1.29, 1.82) is 0 Å². The highest BCUT2D eigenvalue weighted by atomic mass is 19.1. The molecule has 20 heavy (non-hydrogen) atoms. The molecular formula is C15H16FN3O. The van der Waals surface area contributed by atoms with Gasteiger partial charge >= 0.3 is 0 Å². The van der Waals surface area contributed by atoms with Gasteiger partial charge in [0.1, 0.15) is 5.82 Å². The fraction of sp³-hybridized carbons (Fsp3) is 0.267. The Morgan fingerprint density at radius 3 is 2.45 bits per heavy atom. The van der Waals surface area contributed by atoms with Crippen molar-refractivity contribution in [2.24, 2.45) is 5.41 Å². The predicted molar refractivity (Wildman–Crippen MR) is 75.0 cm³/mol. The molecule has 104 valence electrons. The van der Waals surface area contributed by atoms with Gasteiger partial charge in [0, 0.05) is 17.8 Å². The second-order valence-electron chi connectivity index (χ2n) is 5.41. The van der Waals surface area contributed by atoms with Crippen LogP contribution in [0.2, 0.25) is 0 Å². The van der Waals surface area contributed by atoms with E-state index < -0.39 is 11.2 Å². The van der Waals surface area contributed by atoms with Crippen LogP contribution in [0.4, 0.5) is 15.9 Å². The average Bonchev–Trinajstić information content (AvgIpc) is 2.41. The van der Waals surface area contributed by atoms with Crippen LogP contribution < -0.4 is 4.90 Å². The van der Waals surface area contributed by atoms with Gasteiger partial charge in [-0.2, -0.15) is 0 Å². The second-order valence-corrected chi connectivity index (χ2v) is 5.41. The van der Waals surface area contributed by atoms with Crippen molar-refractivity contribution in [1.82, 2.24) is 9.97 Å². The zero-order valence-corrected chi connectivity index (χ0v) is 11.7. The number of nitrogens with zero attached hydrogens (tertiary/aromatic N) is 3. The van der Waals surface area contributed by atoms with Crippen LogP contribution in [0.1, 0.15) is 20.8 Å². The smallest absolute Gasteiger partial charge is 0.238 e. The zero-order chi connectivity index (χ0) is 14.8. The van der Waals surface area contributed by atoms with Crippen molar-refractivity contribution in [2.45, 2.75) is 20.8 Å². The minimum Gasteiger partial charge on any atom is -0.273 e. The first-order valence-electron chi connectivity index (χ1n) is 6.26. The van der Waals surface area contributed by atoms with Gasteiger partial charge in [0.25, 0.3) is 0 Å². The number of hydrogen-bond donors (Lipinski definition) is 0. The molecule has 1 heterocycles. The number of hydrogen-bond acceptors (Lipinski definition) is 3. The Hall–Kier alpha value is -2.30. The van der Waals surface area contributed by atoms with Gasteiger partial charge in [-0.3, -0.25) is 14.7 Å². The van der Waals surface area contributed by atoms with E-state index in [1.165, 1.54) is 29.6 Å². The first kappa shape index (κ1) is 14.1. The van der Waals surface area contributed by atoms with E-state index in [1.807, 2.05) is 0 Å². The van der Waals surface area contributed by atoms with Crippen molar-refractivity contribution in [3.05, 3.63) is 48.7 Å². The summed E-state index contributed by atoms with van der Waals surface area (Å²) in [5.41, 5.74) is -0.493. The Balaban J connectivity index is 2.57. The van der Waals surface area contributed by atoms with Crippen LogP contribution >= 0.6 is 0 Å². The number of aromatic nitrogens is 2. The van der Waals surface area contributed by atoms with E-state index in [9.17, 15) is 9.18 Å². The molecular weight excluding hydrogens is 257 g/mol. The number of halogens is 1. The number of amides is 1. The lowest BCUT2D eigenvalue weighted by molar-refractivity contribution is -0.125. The number of carbonyl (C=O) groups is 1. The van der Waals surface area contributed by atoms with E-state index >= 15 is 0 Å². The summed E-state index contributed by atoms with van der Waals surface area (Å²) >= 11 is 0. The van der Waals surface area contributed by atoms with Crippen molar-refractivity contribution in [3.8, 4) is 0 Å². The van der Waals surface area contributed by atoms with Gasteiger partial charge in [-0.1, -0.05) is 32.9 Å². The number of para-hydroxylation sites is 1. The monoisotopic (exact) mass is 273 g/mol. The lowest BCUT2D eigenvalue weighted by Gasteiger charge is -2.28. The molecule has 4 nitrogen and oxygen atoms in total. The van der Waals surface area contributed by atoms with Crippen LogP contribution in [0.3, 0.4) is 0 Å². The molecule has 1 amide bonds. The summed E-state index contributed by atoms with van der Waals surface area (Å²) in [6, 6.07) is 6.12. The summed E-state index contributed by atoms with van der Waals surface area (Å²) in [6.07, 6.45) is 4.42. The maximum atomic E-state index is 14.0. The fourth-order valence-corrected chi connectivity index (χ4v) is 1.71. The minimum absolute atomic E-state index is 0.174. The Labute approximate surface area is 117 Å². The lowest BCUT2D eigenvalue weighted by Crippen LogP contribution is -2.37. The van der Waals surface area contributed by atoms with Gasteiger partial charge in [-0.25, -0.2) is 9.37 Å². The molecule has 0 saturated heterocycles. The SMILES string of the molecule is CC(C)(C)C(=O)N(c1cnccn1)c1ccccc1F. The quantitative estimate of drug-likeness (QED) is 0.843. The molecule has 2 aromatic rings. The summed E-state index contributed by atoms with van der Waals surface area (Å²) in [7, 11) is 0. The topological polar surface area (TPSA) is 46.1 Å². The third-order valence-corrected chi connectivity index (χ3v) is 2.72. The van der Waals surface area contributed by atoms with Crippen molar-refractivity contribution in [2.75, 3.05) is 4.90 Å². The Bertz CT molecular complexity index is 608. The first-order chi connectivity index (χ1) is 9.41. The third kappa shape index (κ3) is 2.82. The normalized spacial score (nSPS) is 11.2. The van der Waals surface area contributed by atoms with Crippen LogP contribution in [0, 0.1) is 11.2 Å². The molecule has 0 bridgehead atoms. The van der Waals surface area contributed by atoms with Gasteiger partial charge in [0.05, 0.1) is 11.9 Å². The van der Waals surface area contributed by atoms with Crippen LogP contribution in [-0.4, -0.2) is 15.9 Å². The van der Waals surface area contributed by atoms with Gasteiger partial charge < -0.3 is 0 Å². The molecule has 0 fully saturated rings. The van der Waals surface area contributed by atoms with Gasteiger partial charge in [0.15, 0.2) is 5.82 Å². The van der Waals surface area contributed by atoms with Crippen molar-refractivity contribution in [3.63, 3.8) is 0 Å². The lowest BCUT2D eigenvalue weighted by atomic mass is 9.94. The van der Waals surface area contributed by atoms with E-state index in [4.69, 9.17) is 0 Å². The summed E-state index contributed by atoms with van der Waals surface area (Å²) in [4.78, 5) is 21.9. The summed E-state index contributed by atoms with van der Waals surface area (Å²) < 4.78 is 14.0. The van der Waals surface area contributed by atoms with E-state index in [0.29, 0.717) is 5.82 Å². The minimum atomic E-state index is -0.667. The molecule has 0 atom stereocenters. The van der Waals surface area contributed by atoms with Crippen molar-refractivity contribution >= 4 is 17.4 Å². The fourth-order valence-electron chi connectivity index (χ4n) is 1.71. The summed E-state index contributed by atoms with van der Waals surface area (Å²) in [5, 5.41) is 0. The number of anilines is 2. The molecule has 0 unspecified atom stereocenters. The van der Waals surface area contributed by atoms with Crippen LogP contribution in [0.15, 0.2) is 42.9 Å². The molecule has 0 aliphatic heterocycles. The summed E-state index contributed by atoms with van der Waals surface area (Å²) in [6.45, 7) is 5.33. The Morgan fingerprint density at radius 2 is 1.90 bits per heavy atom. The van der Waals surface area contributed by atoms with E-state index in [1.54, 1.807) is 39.0 Å². The predicted octanol–water partition coefficient (Wildman–Crippen LogP) is 3.33. The highest BCUT2D eigenvalue weighted by Crippen LogP contribution is 2.30. The van der Waals surface area contributed by atoms with Gasteiger partial charge in [0.2, 0.25) is 5.91 Å². The molecule has 0 radical (unpaired) electrons. The molecule has 0 saturated carbocycles. The molecule has 1 aromatic carbocycles. The Kier molecular flexibility index (Phi) is 3.79. The third-order valence-electron chi connectivity index (χ3n) is 2.72. The molecule has 0 aliphatic rings. The van der Waals surface area contributed by atoms with Gasteiger partial charge in [-0.15, -0.1) is 0 Å². The molecule has 0 spiro atoms. The number of rotatable bonds is 2. The zero-order valence-electron chi connectivity index (χ0n) is 11.7. The maximum Gasteiger partial charge on any atom is 0.238 e. The summed E-state index contributed by atoms with van der Waals surface area (Å²) in [5.74, 6) is -0.420. The molecule has 5 heteroatoms. The second kappa shape index (κ2) is 5.36. The van der Waals surface area contributed by atoms with Gasteiger partial charge in [-0.05, 0) is 12.1 Å². The van der Waals surface area contributed by atoms with Crippen LogP contribution in [-0.2, 0) is 4.79 Å². The number of benzene rings is 1. The van der Waals surface area contributed by atoms with E-state index in [2.05, 4.69) is 9.97 Å². The number of carbonyl (C=O) groups excluding carboxylic acids is 1. The molecule has 0 aliphatic carbocycles. The highest BCUT2D eigenvalue weighted by Gasteiger charge is 2.31. The largest absolute Gasteiger partial charge is 0.273 e. The molecule has 1 aromatic heterocycles. The first-order valence-corrected chi connectivity index (χ1v) is 6.26. The Morgan fingerprint density at radius 1 is 1.20 bits per heavy atom. The highest BCUT2D eigenvalue weighted by molar-refractivity contribution is 6.02. The molecule has 0 N–H and O–H groups in total. The molecule has 2 rings (SSSR count). The van der Waals surface area contributed by atoms with E-state index in [-0.39, 0.29) is 11.6 Å². The standard InChI is InChI=1S/C15H16FN3O/c1-15(2,3)14(20)19(13-10-17-8-9-18-13)12-7-5-4-6-11(12)16/h4-10H,1-3H3. The van der Waals surface area contributed by atoms with Crippen molar-refractivity contribution < 1.29 is 9.18 Å². The maximum absolute atomic E-state index is 14.0. The average molecular weight is 273 g/mol. The van der Waals surface area contributed by atoms with E-state index in [0.717, 1.165) is 0 Å². The van der Waals surface area contributed by atoms with Crippen LogP contribution in [0.25, 0.3) is 0 Å².